The van der Waals surface area contributed by atoms with Gasteiger partial charge in [-0.3, -0.25) is 4.79 Å². The monoisotopic (exact) mass is 277 g/mol. The number of nitrogens with one attached hydrogen (secondary N) is 1. The van der Waals surface area contributed by atoms with Crippen LogP contribution in [0.2, 0.25) is 0 Å². The summed E-state index contributed by atoms with van der Waals surface area (Å²) < 4.78 is 0. The SMILES string of the molecule is CCN(CCCNC(=O)C(C)(N)CC)c1ccccc1. The summed E-state index contributed by atoms with van der Waals surface area (Å²) in [4.78, 5) is 14.1. The highest BCUT2D eigenvalue weighted by Gasteiger charge is 2.25. The summed E-state index contributed by atoms with van der Waals surface area (Å²) >= 11 is 0. The predicted octanol–water partition coefficient (Wildman–Crippen LogP) is 2.15. The van der Waals surface area contributed by atoms with Crippen molar-refractivity contribution in [1.29, 1.82) is 0 Å². The second-order valence-corrected chi connectivity index (χ2v) is 5.30. The standard InChI is InChI=1S/C16H27N3O/c1-4-16(3,17)15(20)18-12-9-13-19(5-2)14-10-7-6-8-11-14/h6-8,10-11H,4-5,9,12-13,17H2,1-3H3,(H,18,20). The molecule has 20 heavy (non-hydrogen) atoms. The van der Waals surface area contributed by atoms with Crippen LogP contribution in [0.3, 0.4) is 0 Å². The highest BCUT2D eigenvalue weighted by atomic mass is 16.2. The predicted molar refractivity (Wildman–Crippen MR) is 84.8 cm³/mol. The summed E-state index contributed by atoms with van der Waals surface area (Å²) in [6, 6.07) is 10.3. The van der Waals surface area contributed by atoms with Gasteiger partial charge in [-0.15, -0.1) is 0 Å². The highest BCUT2D eigenvalue weighted by Crippen LogP contribution is 2.12. The molecule has 4 heteroatoms. The van der Waals surface area contributed by atoms with Crippen molar-refractivity contribution < 1.29 is 4.79 Å². The minimum Gasteiger partial charge on any atom is -0.372 e. The number of hydrogen-bond acceptors (Lipinski definition) is 3. The first-order chi connectivity index (χ1) is 9.51. The Morgan fingerprint density at radius 3 is 2.50 bits per heavy atom. The Morgan fingerprint density at radius 2 is 1.95 bits per heavy atom. The number of nitrogens with zero attached hydrogens (tertiary/aromatic N) is 1. The maximum atomic E-state index is 11.8. The first-order valence-electron chi connectivity index (χ1n) is 7.38. The molecule has 0 radical (unpaired) electrons. The van der Waals surface area contributed by atoms with Crippen LogP contribution in [0, 0.1) is 0 Å². The van der Waals surface area contributed by atoms with Crippen LogP contribution in [0.1, 0.15) is 33.6 Å². The minimum atomic E-state index is -0.760. The van der Waals surface area contributed by atoms with Crippen LogP contribution in [0.15, 0.2) is 30.3 Å². The molecule has 1 amide bonds. The van der Waals surface area contributed by atoms with Gasteiger partial charge in [0.05, 0.1) is 5.54 Å². The summed E-state index contributed by atoms with van der Waals surface area (Å²) in [5.74, 6) is -0.0669. The van der Waals surface area contributed by atoms with Crippen LogP contribution >= 0.6 is 0 Å². The maximum absolute atomic E-state index is 11.8. The lowest BCUT2D eigenvalue weighted by molar-refractivity contribution is -0.125. The molecule has 1 unspecified atom stereocenters. The van der Waals surface area contributed by atoms with E-state index >= 15 is 0 Å². The largest absolute Gasteiger partial charge is 0.372 e. The number of para-hydroxylation sites is 1. The quantitative estimate of drug-likeness (QED) is 0.716. The van der Waals surface area contributed by atoms with Crippen molar-refractivity contribution in [2.45, 2.75) is 39.2 Å². The average molecular weight is 277 g/mol. The number of carbonyl (C=O) groups excluding carboxylic acids is 1. The van der Waals surface area contributed by atoms with Crippen molar-refractivity contribution in [3.8, 4) is 0 Å². The third-order valence-corrected chi connectivity index (χ3v) is 3.65. The van der Waals surface area contributed by atoms with E-state index in [1.807, 2.05) is 25.1 Å². The fourth-order valence-electron chi connectivity index (χ4n) is 1.94. The fraction of sp³-hybridized carbons (Fsp3) is 0.562. The van der Waals surface area contributed by atoms with Gasteiger partial charge in [-0.05, 0) is 38.8 Å². The van der Waals surface area contributed by atoms with Crippen molar-refractivity contribution in [2.24, 2.45) is 5.73 Å². The Kier molecular flexibility index (Phi) is 6.52. The molecule has 0 saturated heterocycles. The van der Waals surface area contributed by atoms with Crippen LogP contribution in [0.5, 0.6) is 0 Å². The summed E-state index contributed by atoms with van der Waals surface area (Å²) in [5.41, 5.74) is 6.36. The molecule has 1 atom stereocenters. The molecule has 1 aromatic carbocycles. The molecule has 0 bridgehead atoms. The van der Waals surface area contributed by atoms with Crippen molar-refractivity contribution in [3.63, 3.8) is 0 Å². The lowest BCUT2D eigenvalue weighted by Gasteiger charge is -2.24. The van der Waals surface area contributed by atoms with E-state index in [0.717, 1.165) is 19.5 Å². The Balaban J connectivity index is 2.35. The zero-order chi connectivity index (χ0) is 15.0. The van der Waals surface area contributed by atoms with Crippen LogP contribution in [0.4, 0.5) is 5.69 Å². The minimum absolute atomic E-state index is 0.0669. The van der Waals surface area contributed by atoms with E-state index in [1.54, 1.807) is 6.92 Å². The third kappa shape index (κ3) is 4.85. The van der Waals surface area contributed by atoms with E-state index in [-0.39, 0.29) is 5.91 Å². The van der Waals surface area contributed by atoms with Crippen molar-refractivity contribution >= 4 is 11.6 Å². The molecule has 0 saturated carbocycles. The van der Waals surface area contributed by atoms with E-state index in [1.165, 1.54) is 5.69 Å². The molecule has 0 aliphatic carbocycles. The molecule has 1 aromatic rings. The zero-order valence-electron chi connectivity index (χ0n) is 12.9. The molecule has 3 N–H and O–H groups in total. The van der Waals surface area contributed by atoms with E-state index < -0.39 is 5.54 Å². The van der Waals surface area contributed by atoms with Gasteiger partial charge in [0.1, 0.15) is 0 Å². The van der Waals surface area contributed by atoms with Crippen LogP contribution in [0.25, 0.3) is 0 Å². The Bertz CT molecular complexity index is 403. The summed E-state index contributed by atoms with van der Waals surface area (Å²) in [6.45, 7) is 8.38. The van der Waals surface area contributed by atoms with Crippen molar-refractivity contribution in [2.75, 3.05) is 24.5 Å². The van der Waals surface area contributed by atoms with E-state index in [4.69, 9.17) is 5.73 Å². The first kappa shape index (κ1) is 16.5. The van der Waals surface area contributed by atoms with Crippen LogP contribution < -0.4 is 16.0 Å². The molecule has 0 fully saturated rings. The molecule has 0 heterocycles. The number of amides is 1. The average Bonchev–Trinajstić information content (AvgIpc) is 2.48. The topological polar surface area (TPSA) is 58.4 Å². The number of anilines is 1. The van der Waals surface area contributed by atoms with Gasteiger partial charge in [0.15, 0.2) is 0 Å². The van der Waals surface area contributed by atoms with Crippen molar-refractivity contribution in [1.82, 2.24) is 5.32 Å². The molecule has 0 aromatic heterocycles. The van der Waals surface area contributed by atoms with Gasteiger partial charge >= 0.3 is 0 Å². The van der Waals surface area contributed by atoms with Gasteiger partial charge in [0.25, 0.3) is 0 Å². The second-order valence-electron chi connectivity index (χ2n) is 5.30. The molecule has 0 spiro atoms. The highest BCUT2D eigenvalue weighted by molar-refractivity contribution is 5.85. The lowest BCUT2D eigenvalue weighted by atomic mass is 10.00. The number of nitrogens with two attached hydrogens (primary N) is 1. The Morgan fingerprint density at radius 1 is 1.30 bits per heavy atom. The van der Waals surface area contributed by atoms with E-state index in [9.17, 15) is 4.79 Å². The Hall–Kier alpha value is -1.55. The number of benzene rings is 1. The number of carbonyl (C=O) groups is 1. The zero-order valence-corrected chi connectivity index (χ0v) is 12.9. The molecule has 112 valence electrons. The van der Waals surface area contributed by atoms with Gasteiger partial charge in [-0.25, -0.2) is 0 Å². The molecule has 4 nitrogen and oxygen atoms in total. The van der Waals surface area contributed by atoms with E-state index in [2.05, 4.69) is 29.3 Å². The normalized spacial score (nSPS) is 13.6. The summed E-state index contributed by atoms with van der Waals surface area (Å²) in [7, 11) is 0. The smallest absolute Gasteiger partial charge is 0.239 e. The molecule has 1 rings (SSSR count). The van der Waals surface area contributed by atoms with Gasteiger partial charge in [-0.2, -0.15) is 0 Å². The Labute approximate surface area is 122 Å². The summed E-state index contributed by atoms with van der Waals surface area (Å²) in [6.07, 6.45) is 1.55. The van der Waals surface area contributed by atoms with Gasteiger partial charge in [0.2, 0.25) is 5.91 Å². The number of rotatable bonds is 8. The molecular weight excluding hydrogens is 250 g/mol. The van der Waals surface area contributed by atoms with Crippen LogP contribution in [-0.2, 0) is 4.79 Å². The molecule has 0 aliphatic heterocycles. The van der Waals surface area contributed by atoms with Gasteiger partial charge in [0, 0.05) is 25.3 Å². The van der Waals surface area contributed by atoms with E-state index in [0.29, 0.717) is 13.0 Å². The third-order valence-electron chi connectivity index (χ3n) is 3.65. The second kappa shape index (κ2) is 7.90. The lowest BCUT2D eigenvalue weighted by Crippen LogP contribution is -2.51. The molecule has 0 aliphatic rings. The molecular formula is C16H27N3O. The summed E-state index contributed by atoms with van der Waals surface area (Å²) in [5, 5.41) is 2.91. The van der Waals surface area contributed by atoms with Gasteiger partial charge < -0.3 is 16.0 Å². The first-order valence-corrected chi connectivity index (χ1v) is 7.38. The van der Waals surface area contributed by atoms with Crippen LogP contribution in [-0.4, -0.2) is 31.1 Å². The number of hydrogen-bond donors (Lipinski definition) is 2. The fourth-order valence-corrected chi connectivity index (χ4v) is 1.94. The maximum Gasteiger partial charge on any atom is 0.239 e. The van der Waals surface area contributed by atoms with Gasteiger partial charge in [-0.1, -0.05) is 25.1 Å². The van der Waals surface area contributed by atoms with Crippen molar-refractivity contribution in [3.05, 3.63) is 30.3 Å².